The first-order valence-electron chi connectivity index (χ1n) is 6.50. The Balaban J connectivity index is 0.00000200. The van der Waals surface area contributed by atoms with Crippen LogP contribution in [0.3, 0.4) is 0 Å². The van der Waals surface area contributed by atoms with E-state index in [0.29, 0.717) is 19.6 Å². The fraction of sp³-hybridized carbons (Fsp3) is 0.400. The quantitative estimate of drug-likeness (QED) is 0.620. The summed E-state index contributed by atoms with van der Waals surface area (Å²) in [6.07, 6.45) is 2.55. The van der Waals surface area contributed by atoms with E-state index in [9.17, 15) is 4.79 Å². The Morgan fingerprint density at radius 3 is 2.85 bits per heavy atom. The topological polar surface area (TPSA) is 47.6 Å². The molecule has 0 saturated heterocycles. The molecular weight excluding hydrogens is 278 g/mol. The maximum absolute atomic E-state index is 11.2. The van der Waals surface area contributed by atoms with Gasteiger partial charge in [-0.2, -0.15) is 0 Å². The van der Waals surface area contributed by atoms with E-state index >= 15 is 0 Å². The Morgan fingerprint density at radius 1 is 1.35 bits per heavy atom. The van der Waals surface area contributed by atoms with Crippen molar-refractivity contribution in [1.82, 2.24) is 5.32 Å². The Kier molecular flexibility index (Phi) is 6.55. The molecular formula is C15H20ClNO3. The Hall–Kier alpha value is -1.52. The predicted molar refractivity (Wildman–Crippen MR) is 82.2 cm³/mol. The average Bonchev–Trinajstić information content (AvgIpc) is 2.39. The van der Waals surface area contributed by atoms with Gasteiger partial charge in [0, 0.05) is 13.1 Å². The number of esters is 1. The second kappa shape index (κ2) is 7.92. The van der Waals surface area contributed by atoms with Gasteiger partial charge in [-0.25, -0.2) is 0 Å². The summed E-state index contributed by atoms with van der Waals surface area (Å²) in [6, 6.07) is 6.05. The molecule has 0 bridgehead atoms. The summed E-state index contributed by atoms with van der Waals surface area (Å²) < 4.78 is 10.1. The van der Waals surface area contributed by atoms with Gasteiger partial charge in [-0.15, -0.1) is 12.4 Å². The minimum atomic E-state index is -0.153. The van der Waals surface area contributed by atoms with Gasteiger partial charge in [-0.1, -0.05) is 6.07 Å². The second-order valence-corrected chi connectivity index (χ2v) is 4.35. The number of carbonyl (C=O) groups excluding carboxylic acids is 1. The van der Waals surface area contributed by atoms with Gasteiger partial charge in [0.05, 0.1) is 20.1 Å². The Bertz CT molecular complexity index is 500. The van der Waals surface area contributed by atoms with E-state index in [0.717, 1.165) is 12.3 Å². The van der Waals surface area contributed by atoms with Crippen molar-refractivity contribution in [2.75, 3.05) is 26.8 Å². The van der Waals surface area contributed by atoms with Crippen LogP contribution in [0.1, 0.15) is 24.5 Å². The summed E-state index contributed by atoms with van der Waals surface area (Å²) in [5.41, 5.74) is 3.71. The predicted octanol–water partition coefficient (Wildman–Crippen LogP) is 2.51. The molecule has 110 valence electrons. The SMILES string of the molecule is CCOC(=O)CCNCC1=Cc2ccc(OC)cc21.Cl. The van der Waals surface area contributed by atoms with Gasteiger partial charge in [0.15, 0.2) is 0 Å². The number of hydrogen-bond donors (Lipinski definition) is 1. The van der Waals surface area contributed by atoms with Crippen molar-refractivity contribution in [3.63, 3.8) is 0 Å². The number of carbonyl (C=O) groups is 1. The van der Waals surface area contributed by atoms with Gasteiger partial charge in [-0.3, -0.25) is 4.79 Å². The van der Waals surface area contributed by atoms with Crippen molar-refractivity contribution in [2.45, 2.75) is 13.3 Å². The van der Waals surface area contributed by atoms with Crippen LogP contribution in [0.25, 0.3) is 11.6 Å². The summed E-state index contributed by atoms with van der Waals surface area (Å²) in [5, 5.41) is 3.25. The van der Waals surface area contributed by atoms with Gasteiger partial charge in [-0.05, 0) is 41.8 Å². The third-order valence-corrected chi connectivity index (χ3v) is 3.06. The summed E-state index contributed by atoms with van der Waals surface area (Å²) in [4.78, 5) is 11.2. The van der Waals surface area contributed by atoms with Crippen LogP contribution >= 0.6 is 12.4 Å². The lowest BCUT2D eigenvalue weighted by atomic mass is 9.88. The molecule has 0 spiro atoms. The largest absolute Gasteiger partial charge is 0.497 e. The molecule has 0 atom stereocenters. The van der Waals surface area contributed by atoms with Crippen molar-refractivity contribution in [3.05, 3.63) is 29.3 Å². The van der Waals surface area contributed by atoms with Gasteiger partial charge >= 0.3 is 5.97 Å². The van der Waals surface area contributed by atoms with Crippen LogP contribution in [0, 0.1) is 0 Å². The van der Waals surface area contributed by atoms with Crippen molar-refractivity contribution in [3.8, 4) is 5.75 Å². The number of hydrogen-bond acceptors (Lipinski definition) is 4. The molecule has 0 heterocycles. The van der Waals surface area contributed by atoms with Crippen molar-refractivity contribution in [1.29, 1.82) is 0 Å². The van der Waals surface area contributed by atoms with Gasteiger partial charge in [0.2, 0.25) is 0 Å². The number of nitrogens with one attached hydrogen (secondary N) is 1. The minimum Gasteiger partial charge on any atom is -0.497 e. The molecule has 0 aliphatic heterocycles. The molecule has 5 heteroatoms. The van der Waals surface area contributed by atoms with Crippen molar-refractivity contribution >= 4 is 30.0 Å². The number of methoxy groups -OCH3 is 1. The van der Waals surface area contributed by atoms with Crippen LogP contribution in [0.2, 0.25) is 0 Å². The molecule has 1 aliphatic rings. The number of ether oxygens (including phenoxy) is 2. The lowest BCUT2D eigenvalue weighted by Gasteiger charge is -2.21. The van der Waals surface area contributed by atoms with Crippen LogP contribution in [-0.4, -0.2) is 32.8 Å². The molecule has 0 aromatic heterocycles. The Labute approximate surface area is 125 Å². The number of halogens is 1. The number of benzene rings is 1. The van der Waals surface area contributed by atoms with Crippen LogP contribution in [0.4, 0.5) is 0 Å². The van der Waals surface area contributed by atoms with Crippen LogP contribution in [-0.2, 0) is 9.53 Å². The zero-order valence-corrected chi connectivity index (χ0v) is 12.6. The molecule has 1 aliphatic carbocycles. The highest BCUT2D eigenvalue weighted by Crippen LogP contribution is 2.34. The molecule has 4 nitrogen and oxygen atoms in total. The third-order valence-electron chi connectivity index (χ3n) is 3.06. The van der Waals surface area contributed by atoms with Crippen LogP contribution in [0.15, 0.2) is 18.2 Å². The van der Waals surface area contributed by atoms with E-state index in [1.54, 1.807) is 7.11 Å². The smallest absolute Gasteiger partial charge is 0.307 e. The molecule has 20 heavy (non-hydrogen) atoms. The fourth-order valence-corrected chi connectivity index (χ4v) is 2.05. The monoisotopic (exact) mass is 297 g/mol. The Morgan fingerprint density at radius 2 is 2.15 bits per heavy atom. The van der Waals surface area contributed by atoms with E-state index in [1.807, 2.05) is 19.1 Å². The normalized spacial score (nSPS) is 11.6. The summed E-state index contributed by atoms with van der Waals surface area (Å²) in [7, 11) is 1.67. The van der Waals surface area contributed by atoms with Crippen molar-refractivity contribution in [2.24, 2.45) is 0 Å². The molecule has 0 radical (unpaired) electrons. The zero-order valence-electron chi connectivity index (χ0n) is 11.8. The molecule has 0 fully saturated rings. The molecule has 2 rings (SSSR count). The molecule has 0 unspecified atom stereocenters. The van der Waals surface area contributed by atoms with E-state index < -0.39 is 0 Å². The van der Waals surface area contributed by atoms with Crippen molar-refractivity contribution < 1.29 is 14.3 Å². The average molecular weight is 298 g/mol. The number of rotatable bonds is 7. The van der Waals surface area contributed by atoms with Crippen LogP contribution in [0.5, 0.6) is 5.75 Å². The minimum absolute atomic E-state index is 0. The standard InChI is InChI=1S/C15H19NO3.ClH/c1-3-19-15(17)6-7-16-10-12-8-11-4-5-13(18-2)9-14(11)12;/h4-5,8-9,16H,3,6-7,10H2,1-2H3;1H. The van der Waals surface area contributed by atoms with E-state index in [1.165, 1.54) is 16.7 Å². The lowest BCUT2D eigenvalue weighted by molar-refractivity contribution is -0.142. The van der Waals surface area contributed by atoms with Gasteiger partial charge in [0.25, 0.3) is 0 Å². The van der Waals surface area contributed by atoms with Gasteiger partial charge < -0.3 is 14.8 Å². The first-order valence-corrected chi connectivity index (χ1v) is 6.50. The lowest BCUT2D eigenvalue weighted by Crippen LogP contribution is -2.23. The number of fused-ring (bicyclic) bond motifs is 1. The molecule has 0 saturated carbocycles. The van der Waals surface area contributed by atoms with E-state index in [2.05, 4.69) is 17.5 Å². The highest BCUT2D eigenvalue weighted by molar-refractivity contribution is 5.96. The zero-order chi connectivity index (χ0) is 13.7. The highest BCUT2D eigenvalue weighted by atomic mass is 35.5. The fourth-order valence-electron chi connectivity index (χ4n) is 2.05. The maximum Gasteiger partial charge on any atom is 0.307 e. The molecule has 1 aromatic carbocycles. The summed E-state index contributed by atoms with van der Waals surface area (Å²) >= 11 is 0. The molecule has 0 amide bonds. The molecule has 1 N–H and O–H groups in total. The molecule has 1 aromatic rings. The van der Waals surface area contributed by atoms with Crippen LogP contribution < -0.4 is 10.1 Å². The summed E-state index contributed by atoms with van der Waals surface area (Å²) in [5.74, 6) is 0.718. The maximum atomic E-state index is 11.2. The highest BCUT2D eigenvalue weighted by Gasteiger charge is 2.16. The van der Waals surface area contributed by atoms with E-state index in [-0.39, 0.29) is 18.4 Å². The van der Waals surface area contributed by atoms with E-state index in [4.69, 9.17) is 9.47 Å². The second-order valence-electron chi connectivity index (χ2n) is 4.35. The van der Waals surface area contributed by atoms with Gasteiger partial charge in [0.1, 0.15) is 5.75 Å². The first kappa shape index (κ1) is 16.5. The third kappa shape index (κ3) is 3.99. The summed E-state index contributed by atoms with van der Waals surface area (Å²) in [6.45, 7) is 3.65. The first-order chi connectivity index (χ1) is 9.24.